The zero-order valence-corrected chi connectivity index (χ0v) is 14.5. The lowest BCUT2D eigenvalue weighted by Gasteiger charge is -2.02. The minimum atomic E-state index is 0.361. The predicted molar refractivity (Wildman–Crippen MR) is 103 cm³/mol. The maximum Gasteiger partial charge on any atom is 0.265 e. The summed E-state index contributed by atoms with van der Waals surface area (Å²) in [6.07, 6.45) is 1.70. The molecule has 0 atom stereocenters. The first kappa shape index (κ1) is 16.0. The number of hydrogen-bond acceptors (Lipinski definition) is 6. The number of hydrazone groups is 1. The number of benzene rings is 2. The second-order valence-electron chi connectivity index (χ2n) is 5.71. The topological polar surface area (TPSA) is 77.2 Å². The molecule has 0 saturated heterocycles. The fourth-order valence-corrected chi connectivity index (χ4v) is 2.93. The van der Waals surface area contributed by atoms with Gasteiger partial charge >= 0.3 is 0 Å². The largest absolute Gasteiger partial charge is 0.497 e. The van der Waals surface area contributed by atoms with Gasteiger partial charge in [0.25, 0.3) is 5.95 Å². The van der Waals surface area contributed by atoms with Crippen LogP contribution in [-0.2, 0) is 6.54 Å². The molecule has 0 bridgehead atoms. The number of para-hydroxylation sites is 1. The van der Waals surface area contributed by atoms with Crippen molar-refractivity contribution in [3.05, 3.63) is 54.1 Å². The number of anilines is 1. The van der Waals surface area contributed by atoms with Gasteiger partial charge in [0.2, 0.25) is 0 Å². The van der Waals surface area contributed by atoms with Gasteiger partial charge in [-0.2, -0.15) is 10.1 Å². The summed E-state index contributed by atoms with van der Waals surface area (Å²) in [5.74, 6) is 1.17. The molecule has 0 spiro atoms. The van der Waals surface area contributed by atoms with Crippen LogP contribution in [0.2, 0.25) is 0 Å². The van der Waals surface area contributed by atoms with Crippen LogP contribution in [0.5, 0.6) is 5.75 Å². The minimum absolute atomic E-state index is 0.361. The first-order chi connectivity index (χ1) is 12.8. The van der Waals surface area contributed by atoms with Crippen LogP contribution in [0.15, 0.2) is 53.6 Å². The highest BCUT2D eigenvalue weighted by atomic mass is 16.5. The van der Waals surface area contributed by atoms with Crippen molar-refractivity contribution in [2.24, 2.45) is 5.10 Å². The van der Waals surface area contributed by atoms with Crippen molar-refractivity contribution in [2.75, 3.05) is 12.5 Å². The van der Waals surface area contributed by atoms with Crippen LogP contribution in [0.25, 0.3) is 22.1 Å². The number of rotatable bonds is 5. The van der Waals surface area contributed by atoms with E-state index in [4.69, 9.17) is 4.74 Å². The molecule has 26 heavy (non-hydrogen) atoms. The highest BCUT2D eigenvalue weighted by Gasteiger charge is 2.13. The van der Waals surface area contributed by atoms with E-state index in [1.807, 2.05) is 42.5 Å². The lowest BCUT2D eigenvalue weighted by molar-refractivity contribution is 0.415. The van der Waals surface area contributed by atoms with Gasteiger partial charge < -0.3 is 9.30 Å². The molecule has 0 aliphatic heterocycles. The molecule has 2 aromatic carbocycles. The van der Waals surface area contributed by atoms with Crippen molar-refractivity contribution in [2.45, 2.75) is 13.5 Å². The number of ether oxygens (including phenoxy) is 1. The summed E-state index contributed by atoms with van der Waals surface area (Å²) in [6, 6.07) is 15.7. The van der Waals surface area contributed by atoms with E-state index in [2.05, 4.69) is 43.3 Å². The van der Waals surface area contributed by atoms with Crippen molar-refractivity contribution in [3.63, 3.8) is 0 Å². The van der Waals surface area contributed by atoms with Crippen LogP contribution in [0, 0.1) is 0 Å². The Labute approximate surface area is 150 Å². The van der Waals surface area contributed by atoms with Gasteiger partial charge in [-0.15, -0.1) is 10.2 Å². The molecule has 0 radical (unpaired) electrons. The lowest BCUT2D eigenvalue weighted by Crippen LogP contribution is -2.02. The monoisotopic (exact) mass is 346 g/mol. The van der Waals surface area contributed by atoms with E-state index in [0.717, 1.165) is 39.9 Å². The van der Waals surface area contributed by atoms with Crippen LogP contribution in [0.3, 0.4) is 0 Å². The number of nitrogens with zero attached hydrogens (tertiary/aromatic N) is 5. The first-order valence-corrected chi connectivity index (χ1v) is 8.35. The summed E-state index contributed by atoms with van der Waals surface area (Å²) >= 11 is 0. The average Bonchev–Trinajstić information content (AvgIpc) is 3.01. The number of fused-ring (bicyclic) bond motifs is 3. The molecule has 0 amide bonds. The highest BCUT2D eigenvalue weighted by molar-refractivity contribution is 6.04. The van der Waals surface area contributed by atoms with Crippen LogP contribution in [0.4, 0.5) is 5.95 Å². The molecule has 2 heterocycles. The van der Waals surface area contributed by atoms with Crippen LogP contribution >= 0.6 is 0 Å². The molecule has 0 saturated carbocycles. The number of hydrogen-bond donors (Lipinski definition) is 1. The van der Waals surface area contributed by atoms with Gasteiger partial charge in [-0.1, -0.05) is 18.2 Å². The Morgan fingerprint density at radius 3 is 2.69 bits per heavy atom. The Bertz CT molecular complexity index is 1080. The van der Waals surface area contributed by atoms with Crippen LogP contribution in [-0.4, -0.2) is 33.1 Å². The summed E-state index contributed by atoms with van der Waals surface area (Å²) in [6.45, 7) is 2.89. The number of aromatic nitrogens is 4. The molecule has 0 unspecified atom stereocenters. The smallest absolute Gasteiger partial charge is 0.265 e. The third kappa shape index (κ3) is 2.83. The van der Waals surface area contributed by atoms with Gasteiger partial charge in [0.15, 0.2) is 5.65 Å². The molecule has 7 nitrogen and oxygen atoms in total. The van der Waals surface area contributed by atoms with Gasteiger partial charge in [-0.3, -0.25) is 0 Å². The Morgan fingerprint density at radius 2 is 1.92 bits per heavy atom. The van der Waals surface area contributed by atoms with Crippen molar-refractivity contribution in [1.82, 2.24) is 19.7 Å². The number of nitrogens with one attached hydrogen (secondary N) is 1. The quantitative estimate of drug-likeness (QED) is 0.442. The third-order valence-electron chi connectivity index (χ3n) is 4.18. The Kier molecular flexibility index (Phi) is 4.18. The summed E-state index contributed by atoms with van der Waals surface area (Å²) in [7, 11) is 1.64. The Morgan fingerprint density at radius 1 is 1.12 bits per heavy atom. The van der Waals surface area contributed by atoms with Crippen molar-refractivity contribution in [3.8, 4) is 5.75 Å². The van der Waals surface area contributed by atoms with E-state index in [-0.39, 0.29) is 0 Å². The first-order valence-electron chi connectivity index (χ1n) is 8.35. The standard InChI is InChI=1S/C19H18N6O/c1-3-25-16-7-5-4-6-15(16)17-18(25)21-19(24-22-17)23-20-12-13-8-10-14(26-2)11-9-13/h4-12H,3H2,1-2H3,(H,21,23,24)/b20-12-. The second kappa shape index (κ2) is 6.79. The van der Waals surface area contributed by atoms with Gasteiger partial charge in [0.05, 0.1) is 18.8 Å². The summed E-state index contributed by atoms with van der Waals surface area (Å²) in [4.78, 5) is 4.59. The number of aryl methyl sites for hydroxylation is 1. The van der Waals surface area contributed by atoms with Gasteiger partial charge in [-0.05, 0) is 42.8 Å². The molecule has 130 valence electrons. The van der Waals surface area contributed by atoms with E-state index in [0.29, 0.717) is 5.95 Å². The van der Waals surface area contributed by atoms with E-state index in [1.165, 1.54) is 0 Å². The SMILES string of the molecule is CCn1c2ccccc2c2nnc(N/N=C\c3ccc(OC)cc3)nc21. The molecule has 0 aliphatic carbocycles. The summed E-state index contributed by atoms with van der Waals surface area (Å²) in [5.41, 5.74) is 6.49. The average molecular weight is 346 g/mol. The van der Waals surface area contributed by atoms with Crippen molar-refractivity contribution in [1.29, 1.82) is 0 Å². The van der Waals surface area contributed by atoms with Crippen LogP contribution in [0.1, 0.15) is 12.5 Å². The summed E-state index contributed by atoms with van der Waals surface area (Å²) in [5, 5.41) is 13.7. The Hall–Kier alpha value is -3.48. The van der Waals surface area contributed by atoms with Crippen LogP contribution < -0.4 is 10.2 Å². The van der Waals surface area contributed by atoms with E-state index in [1.54, 1.807) is 13.3 Å². The normalized spacial score (nSPS) is 11.5. The van der Waals surface area contributed by atoms with E-state index >= 15 is 0 Å². The lowest BCUT2D eigenvalue weighted by atomic mass is 10.2. The van der Waals surface area contributed by atoms with Crippen molar-refractivity contribution < 1.29 is 4.74 Å². The number of methoxy groups -OCH3 is 1. The molecule has 0 aliphatic rings. The zero-order chi connectivity index (χ0) is 17.9. The fourth-order valence-electron chi connectivity index (χ4n) is 2.93. The summed E-state index contributed by atoms with van der Waals surface area (Å²) < 4.78 is 7.26. The van der Waals surface area contributed by atoms with Gasteiger partial charge in [0.1, 0.15) is 11.3 Å². The van der Waals surface area contributed by atoms with Crippen molar-refractivity contribution >= 4 is 34.2 Å². The predicted octanol–water partition coefficient (Wildman–Crippen LogP) is 3.45. The molecule has 0 fully saturated rings. The maximum absolute atomic E-state index is 5.14. The van der Waals surface area contributed by atoms with E-state index < -0.39 is 0 Å². The molecule has 7 heteroatoms. The van der Waals surface area contributed by atoms with Gasteiger partial charge in [0, 0.05) is 11.9 Å². The maximum atomic E-state index is 5.14. The molecular weight excluding hydrogens is 328 g/mol. The zero-order valence-electron chi connectivity index (χ0n) is 14.5. The molecule has 4 aromatic rings. The molecule has 2 aromatic heterocycles. The minimum Gasteiger partial charge on any atom is -0.497 e. The fraction of sp³-hybridized carbons (Fsp3) is 0.158. The molecular formula is C19H18N6O. The highest BCUT2D eigenvalue weighted by Crippen LogP contribution is 2.26. The Balaban J connectivity index is 1.62. The third-order valence-corrected chi connectivity index (χ3v) is 4.18. The van der Waals surface area contributed by atoms with Gasteiger partial charge in [-0.25, -0.2) is 5.43 Å². The molecule has 1 N–H and O–H groups in total. The molecule has 4 rings (SSSR count). The second-order valence-corrected chi connectivity index (χ2v) is 5.71. The van der Waals surface area contributed by atoms with E-state index in [9.17, 15) is 0 Å².